The van der Waals surface area contributed by atoms with Gasteiger partial charge in [-0.2, -0.15) is 0 Å². The van der Waals surface area contributed by atoms with Gasteiger partial charge in [0.25, 0.3) is 8.32 Å². The lowest BCUT2D eigenvalue weighted by Crippen LogP contribution is -2.39. The monoisotopic (exact) mass is 386 g/mol. The van der Waals surface area contributed by atoms with E-state index in [9.17, 15) is 5.11 Å². The lowest BCUT2D eigenvalue weighted by atomic mass is 10.1. The van der Waals surface area contributed by atoms with E-state index in [0.29, 0.717) is 0 Å². The molecule has 0 aliphatic heterocycles. The molecule has 0 atom stereocenters. The van der Waals surface area contributed by atoms with Crippen LogP contribution in [0.25, 0.3) is 12.2 Å². The number of methoxy groups -OCH3 is 2. The summed E-state index contributed by atoms with van der Waals surface area (Å²) in [4.78, 5) is 0. The molecule has 0 saturated heterocycles. The zero-order chi connectivity index (χ0) is 19.9. The van der Waals surface area contributed by atoms with Gasteiger partial charge < -0.3 is 19.0 Å². The Morgan fingerprint density at radius 3 is 1.96 bits per heavy atom. The van der Waals surface area contributed by atoms with Gasteiger partial charge in [0.05, 0.1) is 14.2 Å². The summed E-state index contributed by atoms with van der Waals surface area (Å²) in [6.45, 7) is 6.58. The maximum Gasteiger partial charge on any atom is 0.250 e. The molecule has 5 heteroatoms. The molecule has 0 aliphatic rings. The summed E-state index contributed by atoms with van der Waals surface area (Å²) in [6.07, 6.45) is 4.00. The second kappa shape index (κ2) is 9.51. The Morgan fingerprint density at radius 2 is 1.44 bits per heavy atom. The van der Waals surface area contributed by atoms with Gasteiger partial charge in [-0.15, -0.1) is 0 Å². The molecule has 0 aromatic heterocycles. The number of hydrogen-bond donors (Lipinski definition) is 1. The lowest BCUT2D eigenvalue weighted by molar-refractivity contribution is 0.394. The van der Waals surface area contributed by atoms with Gasteiger partial charge >= 0.3 is 0 Å². The molecule has 0 bridgehead atoms. The first-order chi connectivity index (χ1) is 13.0. The molecule has 2 rings (SSSR count). The molecule has 1 N–H and O–H groups in total. The number of benzene rings is 2. The van der Waals surface area contributed by atoms with Crippen molar-refractivity contribution < 1.29 is 19.0 Å². The molecule has 27 heavy (non-hydrogen) atoms. The highest BCUT2D eigenvalue weighted by atomic mass is 28.4. The Hall–Kier alpha value is -2.40. The van der Waals surface area contributed by atoms with E-state index < -0.39 is 8.32 Å². The minimum Gasteiger partial charge on any atom is -0.543 e. The van der Waals surface area contributed by atoms with E-state index >= 15 is 0 Å². The van der Waals surface area contributed by atoms with Crippen LogP contribution in [0.3, 0.4) is 0 Å². The van der Waals surface area contributed by atoms with Gasteiger partial charge in [0.15, 0.2) is 0 Å². The Bertz CT molecular complexity index is 751. The van der Waals surface area contributed by atoms with Gasteiger partial charge in [0.2, 0.25) is 0 Å². The number of hydrogen-bond acceptors (Lipinski definition) is 4. The number of ether oxygens (including phenoxy) is 2. The van der Waals surface area contributed by atoms with Gasteiger partial charge in [-0.1, -0.05) is 32.9 Å². The van der Waals surface area contributed by atoms with Crippen molar-refractivity contribution in [3.8, 4) is 23.0 Å². The Balaban J connectivity index is 2.38. The zero-order valence-corrected chi connectivity index (χ0v) is 17.9. The van der Waals surface area contributed by atoms with Crippen LogP contribution in [0.5, 0.6) is 23.0 Å². The maximum absolute atomic E-state index is 9.95. The van der Waals surface area contributed by atoms with Crippen molar-refractivity contribution in [1.82, 2.24) is 0 Å². The quantitative estimate of drug-likeness (QED) is 0.426. The Morgan fingerprint density at radius 1 is 0.852 bits per heavy atom. The first-order valence-electron chi connectivity index (χ1n) is 9.42. The van der Waals surface area contributed by atoms with Crippen LogP contribution in [0, 0.1) is 0 Å². The molecule has 2 aromatic carbocycles. The lowest BCUT2D eigenvalue weighted by Gasteiger charge is -2.29. The van der Waals surface area contributed by atoms with Crippen LogP contribution in [-0.2, 0) is 0 Å². The van der Waals surface area contributed by atoms with Crippen LogP contribution in [0.4, 0.5) is 0 Å². The maximum atomic E-state index is 9.95. The van der Waals surface area contributed by atoms with Crippen molar-refractivity contribution in [1.29, 1.82) is 0 Å². The smallest absolute Gasteiger partial charge is 0.250 e. The molecule has 0 spiro atoms. The fourth-order valence-electron chi connectivity index (χ4n) is 3.06. The van der Waals surface area contributed by atoms with Crippen molar-refractivity contribution in [2.24, 2.45) is 0 Å². The highest BCUT2D eigenvalue weighted by Crippen LogP contribution is 2.32. The van der Waals surface area contributed by atoms with Crippen molar-refractivity contribution >= 4 is 20.5 Å². The van der Waals surface area contributed by atoms with Crippen LogP contribution in [-0.4, -0.2) is 27.6 Å². The second-order valence-electron chi connectivity index (χ2n) is 6.55. The van der Waals surface area contributed by atoms with Crippen molar-refractivity contribution in [2.45, 2.75) is 38.9 Å². The molecule has 0 heterocycles. The van der Waals surface area contributed by atoms with E-state index in [2.05, 4.69) is 20.8 Å². The van der Waals surface area contributed by atoms with Crippen LogP contribution in [0.15, 0.2) is 36.4 Å². The first kappa shape index (κ1) is 20.9. The van der Waals surface area contributed by atoms with E-state index in [0.717, 1.165) is 46.5 Å². The summed E-state index contributed by atoms with van der Waals surface area (Å²) >= 11 is 0. The summed E-state index contributed by atoms with van der Waals surface area (Å²) in [7, 11) is 1.44. The topological polar surface area (TPSA) is 47.9 Å². The van der Waals surface area contributed by atoms with Crippen molar-refractivity contribution in [3.05, 3.63) is 47.5 Å². The third-order valence-electron chi connectivity index (χ3n) is 5.09. The molecule has 146 valence electrons. The minimum absolute atomic E-state index is 0.219. The molecular formula is C22H30O4Si. The number of phenolic OH excluding ortho intramolecular Hbond substituents is 1. The Labute approximate surface area is 163 Å². The van der Waals surface area contributed by atoms with Crippen LogP contribution in [0.2, 0.25) is 18.1 Å². The average Bonchev–Trinajstić information content (AvgIpc) is 2.71. The number of phenols is 1. The summed E-state index contributed by atoms with van der Waals surface area (Å²) in [5, 5.41) is 9.95. The summed E-state index contributed by atoms with van der Waals surface area (Å²) in [5.74, 6) is 2.45. The van der Waals surface area contributed by atoms with Gasteiger partial charge in [0, 0.05) is 17.7 Å². The highest BCUT2D eigenvalue weighted by molar-refractivity contribution is 6.74. The summed E-state index contributed by atoms with van der Waals surface area (Å²) in [6, 6.07) is 14.2. The van der Waals surface area contributed by atoms with E-state index in [1.54, 1.807) is 26.4 Å². The minimum atomic E-state index is -1.84. The standard InChI is InChI=1S/C22H30O4Si/c1-6-27(7-2,8-3)26-22-15-19(23)12-11-18(22)10-9-17-13-20(24-4)16-21(14-17)25-5/h9-16,23H,6-8H2,1-5H3/b10-9+. The van der Waals surface area contributed by atoms with Crippen molar-refractivity contribution in [3.63, 3.8) is 0 Å². The van der Waals surface area contributed by atoms with E-state index in [1.807, 2.05) is 36.4 Å². The molecule has 0 radical (unpaired) electrons. The summed E-state index contributed by atoms with van der Waals surface area (Å²) < 4.78 is 17.2. The molecule has 0 fully saturated rings. The van der Waals surface area contributed by atoms with Gasteiger partial charge in [-0.25, -0.2) is 0 Å². The molecular weight excluding hydrogens is 356 g/mol. The normalized spacial score (nSPS) is 11.6. The van der Waals surface area contributed by atoms with E-state index in [4.69, 9.17) is 13.9 Å². The zero-order valence-electron chi connectivity index (χ0n) is 16.9. The van der Waals surface area contributed by atoms with Crippen LogP contribution in [0.1, 0.15) is 31.9 Å². The largest absolute Gasteiger partial charge is 0.543 e. The summed E-state index contributed by atoms with van der Waals surface area (Å²) in [5.41, 5.74) is 1.91. The van der Waals surface area contributed by atoms with Gasteiger partial charge in [-0.05, 0) is 48.0 Å². The molecule has 2 aromatic rings. The van der Waals surface area contributed by atoms with Crippen molar-refractivity contribution in [2.75, 3.05) is 14.2 Å². The molecule has 4 nitrogen and oxygen atoms in total. The second-order valence-corrected chi connectivity index (χ2v) is 11.2. The first-order valence-corrected chi connectivity index (χ1v) is 11.9. The van der Waals surface area contributed by atoms with Crippen LogP contribution < -0.4 is 13.9 Å². The fraction of sp³-hybridized carbons (Fsp3) is 0.364. The van der Waals surface area contributed by atoms with Gasteiger partial charge in [0.1, 0.15) is 23.0 Å². The highest BCUT2D eigenvalue weighted by Gasteiger charge is 2.31. The SMILES string of the molecule is CC[Si](CC)(CC)Oc1cc(O)ccc1/C=C/c1cc(OC)cc(OC)c1. The fourth-order valence-corrected chi connectivity index (χ4v) is 5.64. The van der Waals surface area contributed by atoms with E-state index in [-0.39, 0.29) is 5.75 Å². The molecule has 0 aliphatic carbocycles. The van der Waals surface area contributed by atoms with Gasteiger partial charge in [-0.3, -0.25) is 0 Å². The Kier molecular flexibility index (Phi) is 7.36. The predicted octanol–water partition coefficient (Wildman–Crippen LogP) is 5.96. The van der Waals surface area contributed by atoms with Crippen LogP contribution >= 0.6 is 0 Å². The average molecular weight is 387 g/mol. The third kappa shape index (κ3) is 5.29. The number of aromatic hydroxyl groups is 1. The third-order valence-corrected chi connectivity index (χ3v) is 9.60. The predicted molar refractivity (Wildman–Crippen MR) is 114 cm³/mol. The van der Waals surface area contributed by atoms with E-state index in [1.165, 1.54) is 0 Å². The number of rotatable bonds is 9. The molecule has 0 amide bonds. The molecule has 0 saturated carbocycles. The molecule has 0 unspecified atom stereocenters.